The molecule has 2 aliphatic rings. The molecule has 4 aromatic rings. The van der Waals surface area contributed by atoms with E-state index in [2.05, 4.69) is 33.0 Å². The predicted octanol–water partition coefficient (Wildman–Crippen LogP) is 3.73. The van der Waals surface area contributed by atoms with Gasteiger partial charge in [0.15, 0.2) is 0 Å². The van der Waals surface area contributed by atoms with Gasteiger partial charge >= 0.3 is 0 Å². The molecule has 2 N–H and O–H groups in total. The summed E-state index contributed by atoms with van der Waals surface area (Å²) in [5.74, 6) is 6.57. The zero-order valence-electron chi connectivity index (χ0n) is 20.4. The highest BCUT2D eigenvalue weighted by atomic mass is 35.5. The van der Waals surface area contributed by atoms with E-state index >= 15 is 0 Å². The molecule has 3 aromatic heterocycles. The van der Waals surface area contributed by atoms with Gasteiger partial charge in [-0.2, -0.15) is 5.10 Å². The van der Waals surface area contributed by atoms with E-state index in [-0.39, 0.29) is 18.0 Å². The van der Waals surface area contributed by atoms with Crippen LogP contribution in [0.25, 0.3) is 21.9 Å². The first-order valence-electron chi connectivity index (χ1n) is 12.2. The number of benzene rings is 1. The number of amides is 1. The maximum atomic E-state index is 12.5. The molecule has 0 radical (unpaired) electrons. The van der Waals surface area contributed by atoms with Crippen molar-refractivity contribution in [3.8, 4) is 11.8 Å². The van der Waals surface area contributed by atoms with Crippen molar-refractivity contribution in [2.45, 2.75) is 37.4 Å². The van der Waals surface area contributed by atoms with E-state index in [0.29, 0.717) is 53.1 Å². The van der Waals surface area contributed by atoms with Crippen molar-refractivity contribution in [3.63, 3.8) is 0 Å². The van der Waals surface area contributed by atoms with E-state index in [1.165, 1.54) is 18.9 Å². The second-order valence-electron chi connectivity index (χ2n) is 9.53. The van der Waals surface area contributed by atoms with Crippen LogP contribution in [-0.2, 0) is 9.53 Å². The molecular formula is C27H26ClN7O2. The Morgan fingerprint density at radius 2 is 2.11 bits per heavy atom. The lowest BCUT2D eigenvalue weighted by Crippen LogP contribution is -2.37. The molecule has 37 heavy (non-hydrogen) atoms. The van der Waals surface area contributed by atoms with Crippen LogP contribution in [0.5, 0.6) is 0 Å². The van der Waals surface area contributed by atoms with Crippen LogP contribution in [0, 0.1) is 11.8 Å². The van der Waals surface area contributed by atoms with Crippen LogP contribution in [0.15, 0.2) is 43.4 Å². The van der Waals surface area contributed by atoms with Crippen LogP contribution in [0.2, 0.25) is 5.02 Å². The van der Waals surface area contributed by atoms with Crippen molar-refractivity contribution in [2.75, 3.05) is 26.0 Å². The van der Waals surface area contributed by atoms with E-state index in [1.807, 2.05) is 29.2 Å². The Labute approximate surface area is 218 Å². The molecule has 1 amide bonds. The number of fused-ring (bicyclic) bond motifs is 2. The molecule has 9 nitrogen and oxygen atoms in total. The van der Waals surface area contributed by atoms with Gasteiger partial charge in [-0.1, -0.05) is 24.1 Å². The number of anilines is 1. The normalized spacial score (nSPS) is 19.4. The number of carbonyl (C=O) groups is 1. The number of halogens is 1. The van der Waals surface area contributed by atoms with Crippen LogP contribution in [0.1, 0.15) is 42.6 Å². The summed E-state index contributed by atoms with van der Waals surface area (Å²) in [4.78, 5) is 23.1. The topological polar surface area (TPSA) is 104 Å². The van der Waals surface area contributed by atoms with E-state index in [9.17, 15) is 4.79 Å². The monoisotopic (exact) mass is 515 g/mol. The first-order valence-corrected chi connectivity index (χ1v) is 12.6. The van der Waals surface area contributed by atoms with Crippen molar-refractivity contribution in [1.29, 1.82) is 0 Å². The minimum Gasteiger partial charge on any atom is -0.383 e. The lowest BCUT2D eigenvalue weighted by Gasteiger charge is -2.22. The quantitative estimate of drug-likeness (QED) is 0.321. The number of methoxy groups -OCH3 is 1. The number of nitrogens with two attached hydrogens (primary N) is 1. The Hall–Kier alpha value is -3.87. The third-order valence-corrected chi connectivity index (χ3v) is 7.44. The summed E-state index contributed by atoms with van der Waals surface area (Å²) in [6.45, 7) is 4.56. The number of carbonyl (C=O) groups excluding carboxylic acids is 1. The molecule has 1 saturated carbocycles. The lowest BCUT2D eigenvalue weighted by molar-refractivity contribution is -0.127. The third-order valence-electron chi connectivity index (χ3n) is 7.12. The first-order chi connectivity index (χ1) is 18.0. The Morgan fingerprint density at radius 1 is 1.27 bits per heavy atom. The maximum absolute atomic E-state index is 12.5. The number of imidazole rings is 1. The number of hydrogen-bond acceptors (Lipinski definition) is 6. The SMILES string of the molecule is C=CC(=O)N1C[C@@H](n2nc(C#Cc3cc4ncn(C5CC5)c4cc3Cl)c3c(N)nccc32)C[C@@H]1COC. The lowest BCUT2D eigenvalue weighted by atomic mass is 10.1. The van der Waals surface area contributed by atoms with Gasteiger partial charge in [-0.3, -0.25) is 9.48 Å². The molecule has 10 heteroatoms. The summed E-state index contributed by atoms with van der Waals surface area (Å²) in [5, 5.41) is 6.09. The van der Waals surface area contributed by atoms with Gasteiger partial charge in [0, 0.05) is 31.5 Å². The first kappa shape index (κ1) is 23.5. The number of rotatable bonds is 5. The summed E-state index contributed by atoms with van der Waals surface area (Å²) in [7, 11) is 1.63. The molecule has 0 unspecified atom stereocenters. The smallest absolute Gasteiger partial charge is 0.246 e. The number of nitrogen functional groups attached to an aromatic ring is 1. The van der Waals surface area contributed by atoms with Crippen LogP contribution >= 0.6 is 11.6 Å². The van der Waals surface area contributed by atoms with Gasteiger partial charge in [0.05, 0.1) is 52.0 Å². The standard InChI is InChI=1S/C27H26ClN7O2/c1-3-25(36)33-13-18(11-19(33)14-37-2)35-23-8-9-30-27(29)26(23)21(32-35)7-4-16-10-22-24(12-20(16)28)34(15-31-22)17-5-6-17/h3,8-10,12,15,17-19H,1,5-6,11,13-14H2,2H3,(H2,29,30)/t18-,19+/m0/s1. The fraction of sp³-hybridized carbons (Fsp3) is 0.333. The average molecular weight is 516 g/mol. The number of aromatic nitrogens is 5. The molecule has 188 valence electrons. The number of nitrogens with zero attached hydrogens (tertiary/aromatic N) is 6. The van der Waals surface area contributed by atoms with Crippen LogP contribution < -0.4 is 5.73 Å². The molecule has 1 aliphatic carbocycles. The molecule has 2 atom stereocenters. The van der Waals surface area contributed by atoms with Crippen molar-refractivity contribution in [3.05, 3.63) is 59.7 Å². The largest absolute Gasteiger partial charge is 0.383 e. The van der Waals surface area contributed by atoms with E-state index in [1.54, 1.807) is 18.2 Å². The van der Waals surface area contributed by atoms with Crippen LogP contribution in [0.3, 0.4) is 0 Å². The van der Waals surface area contributed by atoms with Gasteiger partial charge in [-0.05, 0) is 49.5 Å². The van der Waals surface area contributed by atoms with Crippen molar-refractivity contribution in [1.82, 2.24) is 29.2 Å². The van der Waals surface area contributed by atoms with Crippen LogP contribution in [0.4, 0.5) is 5.82 Å². The Morgan fingerprint density at radius 3 is 2.86 bits per heavy atom. The molecule has 2 fully saturated rings. The van der Waals surface area contributed by atoms with E-state index in [0.717, 1.165) is 16.6 Å². The van der Waals surface area contributed by atoms with Gasteiger partial charge in [0.25, 0.3) is 0 Å². The summed E-state index contributed by atoms with van der Waals surface area (Å²) in [6.07, 6.45) is 7.88. The summed E-state index contributed by atoms with van der Waals surface area (Å²) in [5.41, 5.74) is 10.2. The minimum atomic E-state index is -0.128. The zero-order chi connectivity index (χ0) is 25.7. The fourth-order valence-corrected chi connectivity index (χ4v) is 5.40. The Bertz CT molecular complexity index is 1610. The predicted molar refractivity (Wildman–Crippen MR) is 142 cm³/mol. The summed E-state index contributed by atoms with van der Waals surface area (Å²) in [6, 6.07) is 6.08. The molecule has 4 heterocycles. The van der Waals surface area contributed by atoms with Crippen molar-refractivity contribution >= 4 is 45.3 Å². The molecule has 1 saturated heterocycles. The summed E-state index contributed by atoms with van der Waals surface area (Å²) >= 11 is 6.62. The Balaban J connectivity index is 1.39. The highest BCUT2D eigenvalue weighted by Gasteiger charge is 2.36. The second kappa shape index (κ2) is 9.21. The summed E-state index contributed by atoms with van der Waals surface area (Å²) < 4.78 is 9.45. The van der Waals surface area contributed by atoms with Gasteiger partial charge in [-0.25, -0.2) is 9.97 Å². The number of pyridine rings is 1. The number of likely N-dealkylation sites (tertiary alicyclic amines) is 1. The molecule has 1 aliphatic heterocycles. The second-order valence-corrected chi connectivity index (χ2v) is 9.94. The molecule has 0 spiro atoms. The highest BCUT2D eigenvalue weighted by molar-refractivity contribution is 6.32. The number of hydrogen-bond donors (Lipinski definition) is 1. The number of ether oxygens (including phenoxy) is 1. The van der Waals surface area contributed by atoms with E-state index < -0.39 is 0 Å². The highest BCUT2D eigenvalue weighted by Crippen LogP contribution is 2.38. The van der Waals surface area contributed by atoms with Gasteiger partial charge in [-0.15, -0.1) is 0 Å². The van der Waals surface area contributed by atoms with Crippen molar-refractivity contribution in [2.24, 2.45) is 0 Å². The zero-order valence-corrected chi connectivity index (χ0v) is 21.1. The fourth-order valence-electron chi connectivity index (χ4n) is 5.20. The minimum absolute atomic E-state index is 0.0739. The average Bonchev–Trinajstić information content (AvgIpc) is 3.35. The molecule has 0 bridgehead atoms. The molecule has 1 aromatic carbocycles. The molecule has 6 rings (SSSR count). The van der Waals surface area contributed by atoms with Gasteiger partial charge < -0.3 is 19.9 Å². The molecular weight excluding hydrogens is 490 g/mol. The van der Waals surface area contributed by atoms with Gasteiger partial charge in [0.1, 0.15) is 11.5 Å². The van der Waals surface area contributed by atoms with E-state index in [4.69, 9.17) is 27.2 Å². The Kier molecular flexibility index (Phi) is 5.86. The van der Waals surface area contributed by atoms with Crippen molar-refractivity contribution < 1.29 is 9.53 Å². The maximum Gasteiger partial charge on any atom is 0.246 e. The van der Waals surface area contributed by atoms with Crippen LogP contribution in [-0.4, -0.2) is 61.4 Å². The third kappa shape index (κ3) is 4.12. The van der Waals surface area contributed by atoms with Gasteiger partial charge in [0.2, 0.25) is 5.91 Å².